The first kappa shape index (κ1) is 13.8. The van der Waals surface area contributed by atoms with Crippen LogP contribution >= 0.6 is 0 Å². The monoisotopic (exact) mass is 285 g/mol. The number of hydrogen-bond acceptors (Lipinski definition) is 4. The van der Waals surface area contributed by atoms with Crippen molar-refractivity contribution in [3.8, 4) is 5.75 Å². The number of sulfonamides is 1. The van der Waals surface area contributed by atoms with Crippen LogP contribution in [0.4, 0.5) is 0 Å². The molecule has 0 radical (unpaired) electrons. The standard InChI is InChI=1S/C12H15NO5S/c1-8-4-2-6-10(11(8)14)19(17,18)13-7-3-5-9(13)12(15)16/h2,4,6,9,14H,3,5,7H2,1H3,(H,15,16)/t9-/m1/s1. The van der Waals surface area contributed by atoms with Crippen molar-refractivity contribution in [1.29, 1.82) is 0 Å². The van der Waals surface area contributed by atoms with Gasteiger partial charge in [0, 0.05) is 6.54 Å². The van der Waals surface area contributed by atoms with Crippen molar-refractivity contribution in [3.63, 3.8) is 0 Å². The molecular weight excluding hydrogens is 270 g/mol. The van der Waals surface area contributed by atoms with E-state index in [-0.39, 0.29) is 17.2 Å². The van der Waals surface area contributed by atoms with Gasteiger partial charge in [-0.1, -0.05) is 12.1 Å². The Morgan fingerprint density at radius 1 is 1.42 bits per heavy atom. The molecule has 1 aliphatic heterocycles. The van der Waals surface area contributed by atoms with Crippen LogP contribution in [0.3, 0.4) is 0 Å². The topological polar surface area (TPSA) is 94.9 Å². The van der Waals surface area contributed by atoms with E-state index < -0.39 is 22.0 Å². The van der Waals surface area contributed by atoms with Gasteiger partial charge in [-0.2, -0.15) is 4.31 Å². The van der Waals surface area contributed by atoms with Crippen LogP contribution in [0.5, 0.6) is 5.75 Å². The van der Waals surface area contributed by atoms with E-state index in [1.807, 2.05) is 0 Å². The molecule has 1 aliphatic rings. The Balaban J connectivity index is 2.48. The summed E-state index contributed by atoms with van der Waals surface area (Å²) in [7, 11) is -3.98. The minimum atomic E-state index is -3.98. The van der Waals surface area contributed by atoms with Crippen LogP contribution in [0, 0.1) is 6.92 Å². The summed E-state index contributed by atoms with van der Waals surface area (Å²) in [5.41, 5.74) is 0.437. The van der Waals surface area contributed by atoms with E-state index in [1.165, 1.54) is 12.1 Å². The normalized spacial score (nSPS) is 20.6. The molecule has 0 bridgehead atoms. The highest BCUT2D eigenvalue weighted by Crippen LogP contribution is 2.32. The average Bonchev–Trinajstić information content (AvgIpc) is 2.82. The molecule has 0 unspecified atom stereocenters. The summed E-state index contributed by atoms with van der Waals surface area (Å²) < 4.78 is 25.8. The molecule has 7 heteroatoms. The Morgan fingerprint density at radius 3 is 2.74 bits per heavy atom. The molecule has 1 heterocycles. The number of rotatable bonds is 3. The number of nitrogens with zero attached hydrogens (tertiary/aromatic N) is 1. The van der Waals surface area contributed by atoms with Crippen LogP contribution in [0.1, 0.15) is 18.4 Å². The number of aryl methyl sites for hydroxylation is 1. The number of aromatic hydroxyl groups is 1. The van der Waals surface area contributed by atoms with E-state index in [9.17, 15) is 18.3 Å². The van der Waals surface area contributed by atoms with Crippen LogP contribution < -0.4 is 0 Å². The smallest absolute Gasteiger partial charge is 0.322 e. The lowest BCUT2D eigenvalue weighted by Crippen LogP contribution is -2.40. The first-order valence-electron chi connectivity index (χ1n) is 5.89. The second kappa shape index (κ2) is 4.82. The molecule has 1 fully saturated rings. The third-order valence-corrected chi connectivity index (χ3v) is 5.22. The molecule has 2 rings (SSSR count). The number of carboxylic acids is 1. The second-order valence-corrected chi connectivity index (χ2v) is 6.39. The summed E-state index contributed by atoms with van der Waals surface area (Å²) in [4.78, 5) is 10.8. The fourth-order valence-corrected chi connectivity index (χ4v) is 4.05. The van der Waals surface area contributed by atoms with Crippen LogP contribution in [0.15, 0.2) is 23.1 Å². The molecule has 1 saturated heterocycles. The molecule has 6 nitrogen and oxygen atoms in total. The molecule has 1 atom stereocenters. The number of para-hydroxylation sites is 1. The lowest BCUT2D eigenvalue weighted by Gasteiger charge is -2.21. The number of carbonyl (C=O) groups is 1. The molecule has 1 aromatic rings. The molecule has 0 spiro atoms. The largest absolute Gasteiger partial charge is 0.506 e. The van der Waals surface area contributed by atoms with E-state index in [4.69, 9.17) is 5.11 Å². The van der Waals surface area contributed by atoms with Gasteiger partial charge in [0.2, 0.25) is 10.0 Å². The first-order chi connectivity index (χ1) is 8.85. The minimum Gasteiger partial charge on any atom is -0.506 e. The number of hydrogen-bond donors (Lipinski definition) is 2. The molecule has 0 aromatic heterocycles. The second-order valence-electron chi connectivity index (χ2n) is 4.53. The predicted octanol–water partition coefficient (Wildman–Crippen LogP) is 0.938. The third-order valence-electron chi connectivity index (χ3n) is 3.28. The van der Waals surface area contributed by atoms with Crippen molar-refractivity contribution in [3.05, 3.63) is 23.8 Å². The molecule has 0 aliphatic carbocycles. The van der Waals surface area contributed by atoms with Crippen molar-refractivity contribution in [2.75, 3.05) is 6.54 Å². The van der Waals surface area contributed by atoms with Gasteiger partial charge in [-0.05, 0) is 31.4 Å². The number of phenols is 1. The van der Waals surface area contributed by atoms with Crippen LogP contribution in [0.2, 0.25) is 0 Å². The SMILES string of the molecule is Cc1cccc(S(=O)(=O)N2CCC[C@@H]2C(=O)O)c1O. The Bertz CT molecular complexity index is 611. The maximum absolute atomic E-state index is 12.4. The van der Waals surface area contributed by atoms with Gasteiger partial charge in [0.15, 0.2) is 0 Å². The highest BCUT2D eigenvalue weighted by atomic mass is 32.2. The fourth-order valence-electron chi connectivity index (χ4n) is 2.24. The van der Waals surface area contributed by atoms with E-state index in [0.29, 0.717) is 18.4 Å². The van der Waals surface area contributed by atoms with E-state index in [2.05, 4.69) is 0 Å². The number of benzene rings is 1. The van der Waals surface area contributed by atoms with Crippen LogP contribution in [0.25, 0.3) is 0 Å². The van der Waals surface area contributed by atoms with Crippen molar-refractivity contribution < 1.29 is 23.4 Å². The molecule has 0 saturated carbocycles. The van der Waals surface area contributed by atoms with Crippen molar-refractivity contribution in [1.82, 2.24) is 4.31 Å². The first-order valence-corrected chi connectivity index (χ1v) is 7.33. The van der Waals surface area contributed by atoms with E-state index in [1.54, 1.807) is 13.0 Å². The molecule has 104 valence electrons. The lowest BCUT2D eigenvalue weighted by atomic mass is 10.2. The molecule has 2 N–H and O–H groups in total. The maximum atomic E-state index is 12.4. The summed E-state index contributed by atoms with van der Waals surface area (Å²) in [6.07, 6.45) is 0.796. The molecule has 0 amide bonds. The van der Waals surface area contributed by atoms with Gasteiger partial charge in [-0.15, -0.1) is 0 Å². The number of phenolic OH excluding ortho intramolecular Hbond substituents is 1. The van der Waals surface area contributed by atoms with Gasteiger partial charge in [0.05, 0.1) is 0 Å². The summed E-state index contributed by atoms with van der Waals surface area (Å²) >= 11 is 0. The van der Waals surface area contributed by atoms with Crippen molar-refractivity contribution in [2.45, 2.75) is 30.7 Å². The average molecular weight is 285 g/mol. The minimum absolute atomic E-state index is 0.159. The Morgan fingerprint density at radius 2 is 2.11 bits per heavy atom. The van der Waals surface area contributed by atoms with Gasteiger partial charge in [-0.3, -0.25) is 4.79 Å². The zero-order valence-electron chi connectivity index (χ0n) is 10.4. The van der Waals surface area contributed by atoms with Crippen LogP contribution in [-0.4, -0.2) is 41.5 Å². The van der Waals surface area contributed by atoms with Gasteiger partial charge in [-0.25, -0.2) is 8.42 Å². The predicted molar refractivity (Wildman–Crippen MR) is 67.4 cm³/mol. The van der Waals surface area contributed by atoms with E-state index in [0.717, 1.165) is 4.31 Å². The summed E-state index contributed by atoms with van der Waals surface area (Å²) in [5, 5.41) is 18.9. The highest BCUT2D eigenvalue weighted by molar-refractivity contribution is 7.89. The summed E-state index contributed by atoms with van der Waals surface area (Å²) in [6.45, 7) is 1.75. The third kappa shape index (κ3) is 2.31. The van der Waals surface area contributed by atoms with Crippen molar-refractivity contribution >= 4 is 16.0 Å². The highest BCUT2D eigenvalue weighted by Gasteiger charge is 2.40. The van der Waals surface area contributed by atoms with Gasteiger partial charge < -0.3 is 10.2 Å². The molecular formula is C12H15NO5S. The zero-order chi connectivity index (χ0) is 14.2. The van der Waals surface area contributed by atoms with E-state index >= 15 is 0 Å². The van der Waals surface area contributed by atoms with Gasteiger partial charge >= 0.3 is 5.97 Å². The van der Waals surface area contributed by atoms with Crippen molar-refractivity contribution in [2.24, 2.45) is 0 Å². The Labute approximate surface area is 111 Å². The summed E-state index contributed by atoms with van der Waals surface area (Å²) in [6, 6.07) is 3.35. The number of carboxylic acid groups (broad SMARTS) is 1. The Kier molecular flexibility index (Phi) is 3.51. The maximum Gasteiger partial charge on any atom is 0.322 e. The Hall–Kier alpha value is -1.60. The summed E-state index contributed by atoms with van der Waals surface area (Å²) in [5.74, 6) is -1.48. The fraction of sp³-hybridized carbons (Fsp3) is 0.417. The van der Waals surface area contributed by atoms with Crippen LogP contribution in [-0.2, 0) is 14.8 Å². The number of aliphatic carboxylic acids is 1. The molecule has 19 heavy (non-hydrogen) atoms. The zero-order valence-corrected chi connectivity index (χ0v) is 11.2. The quantitative estimate of drug-likeness (QED) is 0.861. The van der Waals surface area contributed by atoms with Gasteiger partial charge in [0.1, 0.15) is 16.7 Å². The van der Waals surface area contributed by atoms with Gasteiger partial charge in [0.25, 0.3) is 0 Å². The lowest BCUT2D eigenvalue weighted by molar-refractivity contribution is -0.140. The molecule has 1 aromatic carbocycles.